The molecule has 7 nitrogen and oxygen atoms in total. The van der Waals surface area contributed by atoms with E-state index in [4.69, 9.17) is 21.1 Å². The molecule has 10 heteroatoms. The highest BCUT2D eigenvalue weighted by atomic mass is 35.5. The van der Waals surface area contributed by atoms with Crippen molar-refractivity contribution in [2.45, 2.75) is 63.1 Å². The van der Waals surface area contributed by atoms with Gasteiger partial charge in [-0.1, -0.05) is 11.6 Å². The highest BCUT2D eigenvalue weighted by molar-refractivity contribution is 7.98. The number of carbonyl (C=O) groups excluding carboxylic acids is 1. The fourth-order valence-corrected chi connectivity index (χ4v) is 6.90. The molecule has 1 saturated carbocycles. The first-order chi connectivity index (χ1) is 18.3. The zero-order valence-corrected chi connectivity index (χ0v) is 23.6. The lowest BCUT2D eigenvalue weighted by atomic mass is 9.80. The molecule has 1 aliphatic carbocycles. The number of carbonyl (C=O) groups is 1. The fraction of sp³-hybridized carbons (Fsp3) is 0.571. The number of hydrogen-bond acceptors (Lipinski definition) is 6. The quantitative estimate of drug-likeness (QED) is 0.466. The minimum Gasteiger partial charge on any atom is -0.484 e. The summed E-state index contributed by atoms with van der Waals surface area (Å²) >= 11 is 8.00. The number of fused-ring (bicyclic) bond motifs is 1. The Balaban J connectivity index is 1.26. The molecule has 1 aromatic heterocycles. The summed E-state index contributed by atoms with van der Waals surface area (Å²) in [6.07, 6.45) is 6.01. The third kappa shape index (κ3) is 5.42. The van der Waals surface area contributed by atoms with Gasteiger partial charge in [0.2, 0.25) is 0 Å². The van der Waals surface area contributed by atoms with E-state index in [0.717, 1.165) is 49.4 Å². The van der Waals surface area contributed by atoms with Crippen LogP contribution < -0.4 is 20.3 Å². The van der Waals surface area contributed by atoms with Crippen LogP contribution in [0, 0.1) is 25.7 Å². The van der Waals surface area contributed by atoms with E-state index in [2.05, 4.69) is 15.2 Å². The zero-order chi connectivity index (χ0) is 27.0. The van der Waals surface area contributed by atoms with E-state index < -0.39 is 0 Å². The van der Waals surface area contributed by atoms with Crippen LogP contribution in [0.1, 0.15) is 52.9 Å². The second-order valence-electron chi connectivity index (χ2n) is 10.7. The van der Waals surface area contributed by atoms with Crippen molar-refractivity contribution in [2.24, 2.45) is 11.8 Å². The monoisotopic (exact) mass is 563 g/mol. The van der Waals surface area contributed by atoms with Crippen LogP contribution in [0.3, 0.4) is 0 Å². The molecule has 2 fully saturated rings. The Bertz CT molecular complexity index is 1260. The first-order valence-electron chi connectivity index (χ1n) is 13.3. The van der Waals surface area contributed by atoms with Crippen LogP contribution in [0.2, 0.25) is 5.02 Å². The van der Waals surface area contributed by atoms with Gasteiger partial charge in [0.1, 0.15) is 12.7 Å². The molecular weight excluding hydrogens is 529 g/mol. The number of benzene rings is 1. The molecule has 2 N–H and O–H groups in total. The Morgan fingerprint density at radius 1 is 1.21 bits per heavy atom. The standard InChI is InChI=1S/C28H35ClFN3O4S/c1-15-8-24(38-3)21(28(35)32-15)11-31-27(34)20-9-22(29)26-25(16(20)2)37-23(14-36-26)18-4-6-19(7-5-18)33-12-17(10-30)13-33/h8-9,17-19,23H,4-7,10-14H2,1-3H3,(H,31,34)(H,32,35)/t18-,19+,23-/m1/s1. The minimum atomic E-state index is -0.327. The third-order valence-corrected chi connectivity index (χ3v) is 9.29. The van der Waals surface area contributed by atoms with E-state index in [-0.39, 0.29) is 36.7 Å². The lowest BCUT2D eigenvalue weighted by Gasteiger charge is -2.46. The van der Waals surface area contributed by atoms with Crippen molar-refractivity contribution in [3.05, 3.63) is 49.9 Å². The van der Waals surface area contributed by atoms with Crippen molar-refractivity contribution in [1.29, 1.82) is 0 Å². The van der Waals surface area contributed by atoms with Crippen molar-refractivity contribution >= 4 is 29.3 Å². The van der Waals surface area contributed by atoms with Gasteiger partial charge < -0.3 is 19.8 Å². The van der Waals surface area contributed by atoms with E-state index in [9.17, 15) is 14.0 Å². The number of likely N-dealkylation sites (tertiary alicyclic amines) is 1. The van der Waals surface area contributed by atoms with Crippen molar-refractivity contribution in [3.63, 3.8) is 0 Å². The zero-order valence-electron chi connectivity index (χ0n) is 22.1. The fourth-order valence-electron chi connectivity index (χ4n) is 5.94. The largest absolute Gasteiger partial charge is 0.484 e. The second kappa shape index (κ2) is 11.5. The van der Waals surface area contributed by atoms with Crippen LogP contribution in [0.15, 0.2) is 21.8 Å². The third-order valence-electron chi connectivity index (χ3n) is 8.21. The second-order valence-corrected chi connectivity index (χ2v) is 12.0. The highest BCUT2D eigenvalue weighted by Gasteiger charge is 2.38. The predicted octanol–water partition coefficient (Wildman–Crippen LogP) is 4.90. The van der Waals surface area contributed by atoms with Crippen molar-refractivity contribution in [2.75, 3.05) is 32.6 Å². The Morgan fingerprint density at radius 3 is 2.63 bits per heavy atom. The highest BCUT2D eigenvalue weighted by Crippen LogP contribution is 2.45. The van der Waals surface area contributed by atoms with Crippen LogP contribution in [-0.4, -0.2) is 60.6 Å². The SMILES string of the molecule is CSc1cc(C)[nH]c(=O)c1CNC(=O)c1cc(Cl)c2c(c1C)O[C@@H]([C@H]1CC[C@@H](N3CC(CF)C3)CC1)CO2. The number of thioether (sulfide) groups is 1. The molecule has 1 aromatic carbocycles. The number of aryl methyl sites for hydroxylation is 1. The number of rotatable bonds is 7. The van der Waals surface area contributed by atoms with Gasteiger partial charge in [-0.2, -0.15) is 0 Å². The number of H-pyrrole nitrogens is 1. The number of halogens is 2. The molecule has 2 aliphatic heterocycles. The molecule has 2 aromatic rings. The van der Waals surface area contributed by atoms with Crippen LogP contribution in [-0.2, 0) is 6.54 Å². The predicted molar refractivity (Wildman–Crippen MR) is 148 cm³/mol. The summed E-state index contributed by atoms with van der Waals surface area (Å²) in [5, 5.41) is 3.21. The van der Waals surface area contributed by atoms with Gasteiger partial charge in [0, 0.05) is 58.9 Å². The van der Waals surface area contributed by atoms with Crippen LogP contribution in [0.5, 0.6) is 11.5 Å². The molecule has 0 radical (unpaired) electrons. The van der Waals surface area contributed by atoms with Crippen molar-refractivity contribution in [1.82, 2.24) is 15.2 Å². The lowest BCUT2D eigenvalue weighted by Crippen LogP contribution is -2.54. The van der Waals surface area contributed by atoms with Gasteiger partial charge in [-0.3, -0.25) is 18.9 Å². The number of aromatic amines is 1. The molecule has 0 spiro atoms. The summed E-state index contributed by atoms with van der Waals surface area (Å²) in [5.41, 5.74) is 2.16. The Kier molecular flexibility index (Phi) is 8.26. The molecule has 5 rings (SSSR count). The van der Waals surface area contributed by atoms with Gasteiger partial charge in [0.15, 0.2) is 11.5 Å². The summed E-state index contributed by atoms with van der Waals surface area (Å²) < 4.78 is 25.4. The lowest BCUT2D eigenvalue weighted by molar-refractivity contribution is -0.01000. The van der Waals surface area contributed by atoms with Crippen LogP contribution >= 0.6 is 23.4 Å². The number of aromatic nitrogens is 1. The number of nitrogens with zero attached hydrogens (tertiary/aromatic N) is 1. The maximum atomic E-state index is 13.2. The van der Waals surface area contributed by atoms with Crippen LogP contribution in [0.25, 0.3) is 0 Å². The van der Waals surface area contributed by atoms with Crippen molar-refractivity contribution in [3.8, 4) is 11.5 Å². The van der Waals surface area contributed by atoms with Gasteiger partial charge in [-0.25, -0.2) is 0 Å². The molecule has 0 bridgehead atoms. The molecular formula is C28H35ClFN3O4S. The number of amides is 1. The number of ether oxygens (including phenoxy) is 2. The first-order valence-corrected chi connectivity index (χ1v) is 14.9. The maximum Gasteiger partial charge on any atom is 0.254 e. The van der Waals surface area contributed by atoms with E-state index in [1.54, 1.807) is 6.07 Å². The van der Waals surface area contributed by atoms with Crippen molar-refractivity contribution < 1.29 is 18.7 Å². The van der Waals surface area contributed by atoms with Gasteiger partial charge in [-0.05, 0) is 63.8 Å². The number of alkyl halides is 1. The van der Waals surface area contributed by atoms with Gasteiger partial charge in [0.05, 0.1) is 11.7 Å². The van der Waals surface area contributed by atoms with E-state index in [1.165, 1.54) is 11.8 Å². The molecule has 1 atom stereocenters. The molecule has 38 heavy (non-hydrogen) atoms. The maximum absolute atomic E-state index is 13.2. The smallest absolute Gasteiger partial charge is 0.254 e. The summed E-state index contributed by atoms with van der Waals surface area (Å²) in [4.78, 5) is 31.7. The molecule has 0 unspecified atom stereocenters. The Hall–Kier alpha value is -2.23. The molecule has 3 aliphatic rings. The van der Waals surface area contributed by atoms with Gasteiger partial charge in [0.25, 0.3) is 11.5 Å². The molecule has 3 heterocycles. The van der Waals surface area contributed by atoms with Gasteiger partial charge >= 0.3 is 0 Å². The summed E-state index contributed by atoms with van der Waals surface area (Å²) in [6, 6.07) is 4.04. The van der Waals surface area contributed by atoms with Gasteiger partial charge in [-0.15, -0.1) is 11.8 Å². The summed E-state index contributed by atoms with van der Waals surface area (Å²) in [5.74, 6) is 1.23. The molecule has 1 saturated heterocycles. The molecule has 206 valence electrons. The molecule has 1 amide bonds. The van der Waals surface area contributed by atoms with E-state index >= 15 is 0 Å². The topological polar surface area (TPSA) is 83.7 Å². The number of pyridine rings is 1. The van der Waals surface area contributed by atoms with Crippen LogP contribution in [0.4, 0.5) is 4.39 Å². The summed E-state index contributed by atoms with van der Waals surface area (Å²) in [6.45, 7) is 5.73. The van der Waals surface area contributed by atoms with E-state index in [1.807, 2.05) is 26.2 Å². The number of hydrogen-bond donors (Lipinski definition) is 2. The summed E-state index contributed by atoms with van der Waals surface area (Å²) in [7, 11) is 0. The average molecular weight is 564 g/mol. The number of nitrogens with one attached hydrogen (secondary N) is 2. The first kappa shape index (κ1) is 27.3. The Morgan fingerprint density at radius 2 is 1.95 bits per heavy atom. The minimum absolute atomic E-state index is 0.102. The average Bonchev–Trinajstić information content (AvgIpc) is 2.89. The normalized spacial score (nSPS) is 23.7. The van der Waals surface area contributed by atoms with E-state index in [0.29, 0.717) is 51.8 Å². The Labute approximate surface area is 231 Å².